The predicted molar refractivity (Wildman–Crippen MR) is 116 cm³/mol. The maximum atomic E-state index is 10.6. The lowest BCUT2D eigenvalue weighted by molar-refractivity contribution is 0.0813. The maximum Gasteiger partial charge on any atom is 0.132 e. The molecule has 0 bridgehead atoms. The summed E-state index contributed by atoms with van der Waals surface area (Å²) in [5.74, 6) is 1.05. The molecule has 2 aliphatic rings. The van der Waals surface area contributed by atoms with E-state index in [4.69, 9.17) is 4.74 Å². The molecule has 0 saturated carbocycles. The van der Waals surface area contributed by atoms with Gasteiger partial charge in [0, 0.05) is 30.8 Å². The molecule has 0 atom stereocenters. The van der Waals surface area contributed by atoms with Crippen molar-refractivity contribution in [1.29, 1.82) is 0 Å². The molecule has 0 amide bonds. The molecule has 1 saturated heterocycles. The molecule has 2 aromatic carbocycles. The molecule has 0 aliphatic carbocycles. The number of fused-ring (bicyclic) bond motifs is 1. The first kappa shape index (κ1) is 19.4. The molecule has 0 aromatic heterocycles. The van der Waals surface area contributed by atoms with Crippen LogP contribution >= 0.6 is 11.9 Å². The first-order chi connectivity index (χ1) is 13.6. The van der Waals surface area contributed by atoms with Crippen LogP contribution in [0.5, 0.6) is 11.5 Å². The number of ether oxygens (including phenoxy) is 1. The number of phenolic OH excluding ortho intramolecular Hbond substituents is 1. The van der Waals surface area contributed by atoms with Gasteiger partial charge in [0.25, 0.3) is 0 Å². The predicted octanol–water partition coefficient (Wildman–Crippen LogP) is 4.69. The summed E-state index contributed by atoms with van der Waals surface area (Å²) in [5.41, 5.74) is 2.69. The Morgan fingerprint density at radius 2 is 1.79 bits per heavy atom. The van der Waals surface area contributed by atoms with Crippen LogP contribution in [0.25, 0.3) is 5.57 Å². The Balaban J connectivity index is 1.71. The molecule has 148 valence electrons. The first-order valence-corrected chi connectivity index (χ1v) is 10.9. The normalized spacial score (nSPS) is 17.9. The average Bonchev–Trinajstić information content (AvgIpc) is 2.72. The minimum atomic E-state index is -0.296. The topological polar surface area (TPSA) is 44.7 Å². The van der Waals surface area contributed by atoms with E-state index in [1.165, 1.54) is 4.90 Å². The number of hydrogen-bond donors (Lipinski definition) is 2. The van der Waals surface area contributed by atoms with Crippen LogP contribution in [0.2, 0.25) is 0 Å². The number of nitrogens with zero attached hydrogens (tertiary/aromatic N) is 1. The van der Waals surface area contributed by atoms with Crippen LogP contribution in [-0.4, -0.2) is 41.2 Å². The molecular weight excluding hydrogens is 368 g/mol. The minimum absolute atomic E-state index is 0.272. The van der Waals surface area contributed by atoms with Gasteiger partial charge in [-0.15, -0.1) is 0 Å². The monoisotopic (exact) mass is 396 g/mol. The van der Waals surface area contributed by atoms with Crippen molar-refractivity contribution in [2.24, 2.45) is 0 Å². The Morgan fingerprint density at radius 1 is 1.07 bits per heavy atom. The molecule has 0 unspecified atom stereocenters. The Morgan fingerprint density at radius 3 is 2.46 bits per heavy atom. The van der Waals surface area contributed by atoms with Gasteiger partial charge in [-0.3, -0.25) is 0 Å². The number of nitrogens with one attached hydrogen (secondary N) is 1. The van der Waals surface area contributed by atoms with Crippen molar-refractivity contribution in [2.45, 2.75) is 37.2 Å². The smallest absolute Gasteiger partial charge is 0.132 e. The van der Waals surface area contributed by atoms with Crippen molar-refractivity contribution in [2.75, 3.05) is 26.2 Å². The summed E-state index contributed by atoms with van der Waals surface area (Å²) in [4.78, 5) is 1.23. The van der Waals surface area contributed by atoms with Crippen molar-refractivity contribution >= 4 is 17.5 Å². The second-order valence-corrected chi connectivity index (χ2v) is 8.53. The fourth-order valence-electron chi connectivity index (χ4n) is 3.98. The van der Waals surface area contributed by atoms with Gasteiger partial charge in [0.15, 0.2) is 0 Å². The Labute approximate surface area is 171 Å². The SMILES string of the molecule is CCN(CC)Sc1ccc(C2=CC3(CCNCC3)Oc3cccc(O)c32)cc1. The number of rotatable bonds is 5. The van der Waals surface area contributed by atoms with Crippen molar-refractivity contribution in [3.63, 3.8) is 0 Å². The lowest BCUT2D eigenvalue weighted by atomic mass is 9.83. The maximum absolute atomic E-state index is 10.6. The van der Waals surface area contributed by atoms with Gasteiger partial charge in [0.1, 0.15) is 17.1 Å². The Kier molecular flexibility index (Phi) is 5.67. The van der Waals surface area contributed by atoms with Gasteiger partial charge in [0.2, 0.25) is 0 Å². The highest BCUT2D eigenvalue weighted by Gasteiger charge is 2.37. The summed E-state index contributed by atoms with van der Waals surface area (Å²) in [7, 11) is 0. The number of phenols is 1. The fourth-order valence-corrected chi connectivity index (χ4v) is 4.79. The van der Waals surface area contributed by atoms with Gasteiger partial charge in [-0.2, -0.15) is 0 Å². The summed E-state index contributed by atoms with van der Waals surface area (Å²) in [5, 5.41) is 14.0. The number of hydrogen-bond acceptors (Lipinski definition) is 5. The molecule has 1 fully saturated rings. The van der Waals surface area contributed by atoms with Crippen molar-refractivity contribution in [1.82, 2.24) is 9.62 Å². The molecule has 2 aliphatic heterocycles. The van der Waals surface area contributed by atoms with E-state index in [1.54, 1.807) is 18.0 Å². The molecule has 4 rings (SSSR count). The highest BCUT2D eigenvalue weighted by atomic mass is 32.2. The fraction of sp³-hybridized carbons (Fsp3) is 0.391. The Hall–Kier alpha value is -1.95. The number of piperidine rings is 1. The first-order valence-electron chi connectivity index (χ1n) is 10.1. The highest BCUT2D eigenvalue weighted by molar-refractivity contribution is 7.97. The van der Waals surface area contributed by atoms with E-state index < -0.39 is 0 Å². The van der Waals surface area contributed by atoms with E-state index in [0.717, 1.165) is 61.5 Å². The zero-order valence-corrected chi connectivity index (χ0v) is 17.4. The summed E-state index contributed by atoms with van der Waals surface area (Å²) in [6.07, 6.45) is 4.10. The van der Waals surface area contributed by atoms with Gasteiger partial charge >= 0.3 is 0 Å². The summed E-state index contributed by atoms with van der Waals surface area (Å²) in [6.45, 7) is 8.27. The third-order valence-electron chi connectivity index (χ3n) is 5.55. The molecule has 28 heavy (non-hydrogen) atoms. The second kappa shape index (κ2) is 8.19. The molecule has 2 N–H and O–H groups in total. The molecular formula is C23H28N2O2S. The lowest BCUT2D eigenvalue weighted by Gasteiger charge is -2.40. The second-order valence-electron chi connectivity index (χ2n) is 7.36. The van der Waals surface area contributed by atoms with Crippen LogP contribution in [0.3, 0.4) is 0 Å². The van der Waals surface area contributed by atoms with Crippen molar-refractivity contribution < 1.29 is 9.84 Å². The summed E-state index contributed by atoms with van der Waals surface area (Å²) < 4.78 is 8.74. The number of aromatic hydroxyl groups is 1. The Bertz CT molecular complexity index is 853. The summed E-state index contributed by atoms with van der Waals surface area (Å²) in [6, 6.07) is 14.2. The van der Waals surface area contributed by atoms with E-state index in [9.17, 15) is 5.11 Å². The average molecular weight is 397 g/mol. The largest absolute Gasteiger partial charge is 0.507 e. The summed E-state index contributed by atoms with van der Waals surface area (Å²) >= 11 is 1.79. The van der Waals surface area contributed by atoms with Gasteiger partial charge < -0.3 is 15.2 Å². The van der Waals surface area contributed by atoms with E-state index in [1.807, 2.05) is 12.1 Å². The minimum Gasteiger partial charge on any atom is -0.507 e. The van der Waals surface area contributed by atoms with E-state index >= 15 is 0 Å². The lowest BCUT2D eigenvalue weighted by Crippen LogP contribution is -2.46. The quantitative estimate of drug-likeness (QED) is 0.718. The zero-order valence-electron chi connectivity index (χ0n) is 16.6. The van der Waals surface area contributed by atoms with E-state index in [2.05, 4.69) is 53.8 Å². The van der Waals surface area contributed by atoms with Gasteiger partial charge in [0.05, 0.1) is 5.56 Å². The molecule has 5 heteroatoms. The van der Waals surface area contributed by atoms with E-state index in [-0.39, 0.29) is 11.4 Å². The van der Waals surface area contributed by atoms with Crippen LogP contribution < -0.4 is 10.1 Å². The van der Waals surface area contributed by atoms with Gasteiger partial charge in [-0.05, 0) is 66.5 Å². The van der Waals surface area contributed by atoms with Gasteiger partial charge in [-0.25, -0.2) is 4.31 Å². The number of benzene rings is 2. The molecule has 0 radical (unpaired) electrons. The van der Waals surface area contributed by atoms with Crippen molar-refractivity contribution in [3.05, 3.63) is 59.7 Å². The molecule has 2 heterocycles. The standard InChI is InChI=1S/C23H28N2O2S/c1-3-25(4-2)28-18-10-8-17(9-11-18)19-16-23(12-14-24-15-13-23)27-21-7-5-6-20(26)22(19)21/h5-11,16,24,26H,3-4,12-15H2,1-2H3. The van der Waals surface area contributed by atoms with Crippen molar-refractivity contribution in [3.8, 4) is 11.5 Å². The third kappa shape index (κ3) is 3.79. The zero-order chi connectivity index (χ0) is 19.6. The van der Waals surface area contributed by atoms with Crippen LogP contribution in [0, 0.1) is 0 Å². The van der Waals surface area contributed by atoms with Crippen LogP contribution in [-0.2, 0) is 0 Å². The highest BCUT2D eigenvalue weighted by Crippen LogP contribution is 2.46. The molecule has 2 aromatic rings. The molecule has 1 spiro atoms. The van der Waals surface area contributed by atoms with Crippen LogP contribution in [0.4, 0.5) is 0 Å². The molecule has 4 nitrogen and oxygen atoms in total. The van der Waals surface area contributed by atoms with E-state index in [0.29, 0.717) is 0 Å². The third-order valence-corrected chi connectivity index (χ3v) is 6.81. The van der Waals surface area contributed by atoms with Gasteiger partial charge in [-0.1, -0.05) is 32.0 Å². The van der Waals surface area contributed by atoms with Crippen LogP contribution in [0.1, 0.15) is 37.8 Å². The van der Waals surface area contributed by atoms with Crippen LogP contribution in [0.15, 0.2) is 53.4 Å².